The lowest BCUT2D eigenvalue weighted by atomic mass is 9.81. The number of aromatic nitrogens is 4. The van der Waals surface area contributed by atoms with Crippen molar-refractivity contribution in [3.05, 3.63) is 42.2 Å². The molecule has 0 spiro atoms. The van der Waals surface area contributed by atoms with Gasteiger partial charge in [0, 0.05) is 30.5 Å². The summed E-state index contributed by atoms with van der Waals surface area (Å²) in [4.78, 5) is 22.7. The van der Waals surface area contributed by atoms with E-state index in [1.165, 1.54) is 37.7 Å². The number of anilines is 2. The van der Waals surface area contributed by atoms with Crippen LogP contribution in [0.25, 0.3) is 11.0 Å². The Hall–Kier alpha value is -3.16. The molecule has 2 saturated carbocycles. The largest absolute Gasteiger partial charge is 0.465 e. The van der Waals surface area contributed by atoms with Crippen molar-refractivity contribution >= 4 is 28.8 Å². The van der Waals surface area contributed by atoms with Crippen LogP contribution in [-0.2, 0) is 6.54 Å². The van der Waals surface area contributed by atoms with E-state index >= 15 is 0 Å². The highest BCUT2D eigenvalue weighted by molar-refractivity contribution is 5.75. The number of fused-ring (bicyclic) bond motifs is 1. The van der Waals surface area contributed by atoms with E-state index in [9.17, 15) is 9.90 Å². The Morgan fingerprint density at radius 1 is 1.00 bits per heavy atom. The highest BCUT2D eigenvalue weighted by Gasteiger charge is 2.31. The molecule has 8 nitrogen and oxygen atoms in total. The van der Waals surface area contributed by atoms with Crippen molar-refractivity contribution in [1.29, 1.82) is 0 Å². The molecule has 3 aromatic rings. The summed E-state index contributed by atoms with van der Waals surface area (Å²) in [6, 6.07) is 8.76. The maximum absolute atomic E-state index is 11.7. The van der Waals surface area contributed by atoms with Gasteiger partial charge in [-0.15, -0.1) is 0 Å². The number of benzene rings is 1. The van der Waals surface area contributed by atoms with Crippen LogP contribution in [0.3, 0.4) is 0 Å². The van der Waals surface area contributed by atoms with Gasteiger partial charge in [0.1, 0.15) is 0 Å². The second kappa shape index (κ2) is 11.3. The molecule has 1 amide bonds. The van der Waals surface area contributed by atoms with E-state index in [0.29, 0.717) is 30.2 Å². The summed E-state index contributed by atoms with van der Waals surface area (Å²) in [6.07, 6.45) is 13.8. The Morgan fingerprint density at radius 2 is 1.68 bits per heavy atom. The smallest absolute Gasteiger partial charge is 0.407 e. The second-order valence-corrected chi connectivity index (χ2v) is 12.3. The lowest BCUT2D eigenvalue weighted by molar-refractivity contribution is 0.0789. The molecule has 1 aromatic carbocycles. The molecule has 2 aliphatic carbocycles. The minimum atomic E-state index is -0.827. The van der Waals surface area contributed by atoms with Crippen molar-refractivity contribution in [2.45, 2.75) is 96.6 Å². The van der Waals surface area contributed by atoms with Gasteiger partial charge in [-0.05, 0) is 94.7 Å². The average Bonchev–Trinajstić information content (AvgIpc) is 3.30. The molecule has 2 N–H and O–H groups in total. The fourth-order valence-electron chi connectivity index (χ4n) is 6.20. The first-order valence-electron chi connectivity index (χ1n) is 14.3. The van der Waals surface area contributed by atoms with Gasteiger partial charge < -0.3 is 15.3 Å². The van der Waals surface area contributed by atoms with Gasteiger partial charge in [0.05, 0.1) is 11.6 Å². The zero-order chi connectivity index (χ0) is 26.7. The summed E-state index contributed by atoms with van der Waals surface area (Å²) >= 11 is 0. The number of hydrogen-bond donors (Lipinski definition) is 2. The van der Waals surface area contributed by atoms with Gasteiger partial charge in [0.2, 0.25) is 5.95 Å². The average molecular weight is 519 g/mol. The van der Waals surface area contributed by atoms with Gasteiger partial charge in [0.15, 0.2) is 5.65 Å². The van der Waals surface area contributed by atoms with Crippen molar-refractivity contribution < 1.29 is 9.90 Å². The van der Waals surface area contributed by atoms with Crippen LogP contribution in [-0.4, -0.2) is 47.9 Å². The quantitative estimate of drug-likeness (QED) is 0.343. The maximum atomic E-state index is 11.7. The van der Waals surface area contributed by atoms with Crippen LogP contribution in [0.1, 0.15) is 90.0 Å². The molecule has 0 aliphatic heterocycles. The Kier molecular flexibility index (Phi) is 7.86. The van der Waals surface area contributed by atoms with Gasteiger partial charge in [-0.1, -0.05) is 31.4 Å². The molecule has 0 atom stereocenters. The molecule has 0 radical (unpaired) electrons. The third kappa shape index (κ3) is 6.27. The van der Waals surface area contributed by atoms with Crippen molar-refractivity contribution in [1.82, 2.24) is 24.6 Å². The normalized spacial score (nSPS) is 20.9. The Bertz CT molecular complexity index is 1220. The van der Waals surface area contributed by atoms with E-state index in [1.54, 1.807) is 4.90 Å². The molecule has 38 heavy (non-hydrogen) atoms. The van der Waals surface area contributed by atoms with Crippen LogP contribution in [0.2, 0.25) is 0 Å². The summed E-state index contributed by atoms with van der Waals surface area (Å²) in [5, 5.41) is 18.6. The number of nitrogens with zero attached hydrogens (tertiary/aromatic N) is 5. The Morgan fingerprint density at radius 3 is 2.34 bits per heavy atom. The molecule has 2 aromatic heterocycles. The number of carboxylic acid groups (broad SMARTS) is 1. The zero-order valence-electron chi connectivity index (χ0n) is 23.1. The molecule has 8 heteroatoms. The number of rotatable bonds is 7. The first-order valence-corrected chi connectivity index (χ1v) is 14.3. The predicted octanol–water partition coefficient (Wildman–Crippen LogP) is 7.20. The third-order valence-corrected chi connectivity index (χ3v) is 8.50. The second-order valence-electron chi connectivity index (χ2n) is 12.3. The van der Waals surface area contributed by atoms with E-state index in [-0.39, 0.29) is 5.54 Å². The van der Waals surface area contributed by atoms with E-state index < -0.39 is 6.09 Å². The first-order chi connectivity index (χ1) is 18.3. The fraction of sp³-hybridized carbons (Fsp3) is 0.600. The van der Waals surface area contributed by atoms with Gasteiger partial charge >= 0.3 is 6.09 Å². The lowest BCUT2D eigenvalue weighted by Crippen LogP contribution is -2.47. The molecule has 2 heterocycles. The van der Waals surface area contributed by atoms with E-state index in [2.05, 4.69) is 39.7 Å². The summed E-state index contributed by atoms with van der Waals surface area (Å²) in [6.45, 7) is 7.33. The predicted molar refractivity (Wildman–Crippen MR) is 151 cm³/mol. The van der Waals surface area contributed by atoms with Crippen LogP contribution < -0.4 is 5.32 Å². The van der Waals surface area contributed by atoms with Crippen molar-refractivity contribution in [3.63, 3.8) is 0 Å². The van der Waals surface area contributed by atoms with Crippen molar-refractivity contribution in [2.75, 3.05) is 11.9 Å². The van der Waals surface area contributed by atoms with Crippen LogP contribution in [0.5, 0.6) is 0 Å². The molecule has 2 fully saturated rings. The maximum Gasteiger partial charge on any atom is 0.407 e. The minimum absolute atomic E-state index is 0.375. The van der Waals surface area contributed by atoms with Crippen LogP contribution in [0.4, 0.5) is 16.4 Å². The van der Waals surface area contributed by atoms with E-state index in [1.807, 2.05) is 37.8 Å². The highest BCUT2D eigenvalue weighted by Crippen LogP contribution is 2.34. The molecular weight excluding hydrogens is 476 g/mol. The van der Waals surface area contributed by atoms with Crippen molar-refractivity contribution in [3.8, 4) is 0 Å². The van der Waals surface area contributed by atoms with Crippen LogP contribution in [0, 0.1) is 11.8 Å². The summed E-state index contributed by atoms with van der Waals surface area (Å²) in [7, 11) is 0. The minimum Gasteiger partial charge on any atom is -0.465 e. The Labute approximate surface area is 225 Å². The zero-order valence-corrected chi connectivity index (χ0v) is 23.1. The molecule has 5 rings (SSSR count). The first kappa shape index (κ1) is 26.4. The van der Waals surface area contributed by atoms with E-state index in [4.69, 9.17) is 4.98 Å². The van der Waals surface area contributed by atoms with Crippen LogP contribution in [0.15, 0.2) is 36.7 Å². The van der Waals surface area contributed by atoms with Gasteiger partial charge in [-0.25, -0.2) is 14.5 Å². The summed E-state index contributed by atoms with van der Waals surface area (Å²) in [5.74, 6) is 2.22. The monoisotopic (exact) mass is 518 g/mol. The van der Waals surface area contributed by atoms with E-state index in [0.717, 1.165) is 48.9 Å². The molecular formula is C30H42N6O2. The SMILES string of the molecule is CC(C)(C)N(C[C@H]1CC[C@H](Cn2ncc3cnc(Nc4ccc(C5CCCCC5)cc4)nc32)CC1)C(=O)O. The fourth-order valence-corrected chi connectivity index (χ4v) is 6.20. The van der Waals surface area contributed by atoms with Gasteiger partial charge in [-0.2, -0.15) is 10.1 Å². The van der Waals surface area contributed by atoms with Crippen LogP contribution >= 0.6 is 0 Å². The molecule has 0 bridgehead atoms. The number of hydrogen-bond acceptors (Lipinski definition) is 5. The topological polar surface area (TPSA) is 96.2 Å². The number of carbonyl (C=O) groups is 1. The molecule has 2 aliphatic rings. The standard InChI is InChI=1S/C30H42N6O2/c1-30(2,3)35(29(37)38)19-21-9-11-22(12-10-21)20-36-27-25(18-32-36)17-31-28(34-27)33-26-15-13-24(14-16-26)23-7-5-4-6-8-23/h13-18,21-23H,4-12,19-20H2,1-3H3,(H,37,38)(H,31,33,34)/t21-,22-. The number of amides is 1. The van der Waals surface area contributed by atoms with Gasteiger partial charge in [0.25, 0.3) is 0 Å². The van der Waals surface area contributed by atoms with Gasteiger partial charge in [-0.3, -0.25) is 0 Å². The Balaban J connectivity index is 1.19. The summed E-state index contributed by atoms with van der Waals surface area (Å²) < 4.78 is 2.01. The third-order valence-electron chi connectivity index (χ3n) is 8.50. The molecule has 0 unspecified atom stereocenters. The van der Waals surface area contributed by atoms with Crippen molar-refractivity contribution in [2.24, 2.45) is 11.8 Å². The number of nitrogens with one attached hydrogen (secondary N) is 1. The highest BCUT2D eigenvalue weighted by atomic mass is 16.4. The molecule has 204 valence electrons. The molecule has 0 saturated heterocycles. The lowest BCUT2D eigenvalue weighted by Gasteiger charge is -2.38. The summed E-state index contributed by atoms with van der Waals surface area (Å²) in [5.41, 5.74) is 2.92.